The van der Waals surface area contributed by atoms with E-state index >= 15 is 0 Å². The first-order valence-corrected chi connectivity index (χ1v) is 11.2. The van der Waals surface area contributed by atoms with Crippen LogP contribution in [0.5, 0.6) is 0 Å². The van der Waals surface area contributed by atoms with Crippen LogP contribution in [0.4, 0.5) is 11.6 Å². The van der Waals surface area contributed by atoms with Crippen LogP contribution < -0.4 is 10.2 Å². The maximum atomic E-state index is 12.7. The summed E-state index contributed by atoms with van der Waals surface area (Å²) >= 11 is 1.42. The van der Waals surface area contributed by atoms with E-state index in [9.17, 15) is 4.79 Å². The molecule has 4 rings (SSSR count). The number of nitrogens with one attached hydrogen (secondary N) is 1. The molecule has 0 aliphatic carbocycles. The van der Waals surface area contributed by atoms with Crippen molar-refractivity contribution in [3.63, 3.8) is 0 Å². The molecule has 0 spiro atoms. The number of aryl methyl sites for hydroxylation is 1. The van der Waals surface area contributed by atoms with Gasteiger partial charge in [-0.15, -0.1) is 10.2 Å². The highest BCUT2D eigenvalue weighted by Crippen LogP contribution is 2.29. The lowest BCUT2D eigenvalue weighted by Crippen LogP contribution is -2.32. The van der Waals surface area contributed by atoms with Crippen LogP contribution in [0.3, 0.4) is 0 Å². The molecule has 158 valence electrons. The number of benzene rings is 1. The fraction of sp³-hybridized carbons (Fsp3) is 0.409. The van der Waals surface area contributed by atoms with Crippen molar-refractivity contribution in [3.05, 3.63) is 54.0 Å². The average molecular weight is 426 g/mol. The largest absolute Gasteiger partial charge is 0.467 e. The van der Waals surface area contributed by atoms with E-state index in [2.05, 4.69) is 25.0 Å². The summed E-state index contributed by atoms with van der Waals surface area (Å²) in [6.45, 7) is 6.39. The molecule has 8 heteroatoms. The molecule has 0 radical (unpaired) electrons. The summed E-state index contributed by atoms with van der Waals surface area (Å²) < 4.78 is 7.62. The number of thioether (sulfide) groups is 1. The second-order valence-corrected chi connectivity index (χ2v) is 8.92. The maximum Gasteiger partial charge on any atom is 0.237 e. The van der Waals surface area contributed by atoms with Crippen LogP contribution >= 0.6 is 11.8 Å². The molecule has 1 saturated heterocycles. The molecule has 1 aliphatic rings. The number of piperidine rings is 1. The van der Waals surface area contributed by atoms with Crippen LogP contribution in [0.1, 0.15) is 37.5 Å². The Morgan fingerprint density at radius 1 is 1.20 bits per heavy atom. The van der Waals surface area contributed by atoms with Crippen LogP contribution in [0.25, 0.3) is 0 Å². The summed E-state index contributed by atoms with van der Waals surface area (Å²) in [5, 5.41) is 12.3. The van der Waals surface area contributed by atoms with Gasteiger partial charge in [-0.1, -0.05) is 23.9 Å². The SMILES string of the molecule is Cc1cccc(NC(=O)C(C)Sc2nnc(N3CCCCC3)n2Cc2ccco2)c1. The molecule has 0 saturated carbocycles. The molecule has 1 N–H and O–H groups in total. The first kappa shape index (κ1) is 20.5. The van der Waals surface area contributed by atoms with Gasteiger partial charge in [-0.25, -0.2) is 0 Å². The second-order valence-electron chi connectivity index (χ2n) is 7.61. The average Bonchev–Trinajstić information content (AvgIpc) is 3.39. The van der Waals surface area contributed by atoms with Gasteiger partial charge in [0.15, 0.2) is 5.16 Å². The molecule has 1 unspecified atom stereocenters. The Hall–Kier alpha value is -2.74. The Morgan fingerprint density at radius 2 is 2.03 bits per heavy atom. The Balaban J connectivity index is 1.52. The van der Waals surface area contributed by atoms with E-state index in [4.69, 9.17) is 4.42 Å². The molecule has 30 heavy (non-hydrogen) atoms. The van der Waals surface area contributed by atoms with Gasteiger partial charge < -0.3 is 14.6 Å². The molecule has 7 nitrogen and oxygen atoms in total. The molecule has 3 heterocycles. The highest BCUT2D eigenvalue weighted by Gasteiger charge is 2.24. The van der Waals surface area contributed by atoms with E-state index in [1.54, 1.807) is 6.26 Å². The molecule has 2 aromatic heterocycles. The number of carbonyl (C=O) groups is 1. The molecular weight excluding hydrogens is 398 g/mol. The fourth-order valence-electron chi connectivity index (χ4n) is 3.57. The predicted molar refractivity (Wildman–Crippen MR) is 119 cm³/mol. The van der Waals surface area contributed by atoms with Gasteiger partial charge >= 0.3 is 0 Å². The molecule has 1 fully saturated rings. The quantitative estimate of drug-likeness (QED) is 0.568. The van der Waals surface area contributed by atoms with Gasteiger partial charge in [0, 0.05) is 18.8 Å². The highest BCUT2D eigenvalue weighted by atomic mass is 32.2. The van der Waals surface area contributed by atoms with Crippen molar-refractivity contribution >= 4 is 29.3 Å². The maximum absolute atomic E-state index is 12.7. The van der Waals surface area contributed by atoms with Crippen LogP contribution in [0.15, 0.2) is 52.2 Å². The van der Waals surface area contributed by atoms with Crippen molar-refractivity contribution in [2.75, 3.05) is 23.3 Å². The van der Waals surface area contributed by atoms with Crippen LogP contribution in [0, 0.1) is 6.92 Å². The van der Waals surface area contributed by atoms with Crippen LogP contribution in [-0.4, -0.2) is 39.0 Å². The van der Waals surface area contributed by atoms with Gasteiger partial charge in [0.05, 0.1) is 18.1 Å². The zero-order chi connectivity index (χ0) is 20.9. The van der Waals surface area contributed by atoms with E-state index in [0.717, 1.165) is 54.0 Å². The number of nitrogens with zero attached hydrogens (tertiary/aromatic N) is 4. The Morgan fingerprint density at radius 3 is 2.77 bits per heavy atom. The van der Waals surface area contributed by atoms with E-state index in [-0.39, 0.29) is 11.2 Å². The number of anilines is 2. The molecule has 1 aliphatic heterocycles. The van der Waals surface area contributed by atoms with Crippen LogP contribution in [-0.2, 0) is 11.3 Å². The van der Waals surface area contributed by atoms with Gasteiger partial charge in [0.2, 0.25) is 11.9 Å². The first-order valence-electron chi connectivity index (χ1n) is 10.3. The number of furan rings is 1. The third-order valence-corrected chi connectivity index (χ3v) is 6.25. The Bertz CT molecular complexity index is 979. The summed E-state index contributed by atoms with van der Waals surface area (Å²) in [7, 11) is 0. The minimum absolute atomic E-state index is 0.0577. The monoisotopic (exact) mass is 425 g/mol. The second kappa shape index (κ2) is 9.38. The standard InChI is InChI=1S/C22H27N5O2S/c1-16-8-6-9-18(14-16)23-20(28)17(2)30-22-25-24-21(26-11-4-3-5-12-26)27(22)15-19-10-7-13-29-19/h6-10,13-14,17H,3-5,11-12,15H2,1-2H3,(H,23,28). The summed E-state index contributed by atoms with van der Waals surface area (Å²) in [6, 6.07) is 11.6. The van der Waals surface area contributed by atoms with Crippen molar-refractivity contribution in [1.29, 1.82) is 0 Å². The molecule has 3 aromatic rings. The fourth-order valence-corrected chi connectivity index (χ4v) is 4.41. The van der Waals surface area contributed by atoms with Gasteiger partial charge in [-0.2, -0.15) is 0 Å². The minimum atomic E-state index is -0.320. The normalized spacial score (nSPS) is 15.2. The zero-order valence-corrected chi connectivity index (χ0v) is 18.2. The molecule has 1 amide bonds. The number of aromatic nitrogens is 3. The lowest BCUT2D eigenvalue weighted by Gasteiger charge is -2.27. The Kier molecular flexibility index (Phi) is 6.42. The number of amides is 1. The van der Waals surface area contributed by atoms with E-state index in [1.165, 1.54) is 18.2 Å². The van der Waals surface area contributed by atoms with Crippen molar-refractivity contribution in [2.45, 2.75) is 50.1 Å². The van der Waals surface area contributed by atoms with Gasteiger partial charge in [-0.05, 0) is 62.9 Å². The highest BCUT2D eigenvalue weighted by molar-refractivity contribution is 8.00. The lowest BCUT2D eigenvalue weighted by atomic mass is 10.1. The minimum Gasteiger partial charge on any atom is -0.467 e. The van der Waals surface area contributed by atoms with Crippen molar-refractivity contribution in [2.24, 2.45) is 0 Å². The Labute approximate surface area is 180 Å². The summed E-state index contributed by atoms with van der Waals surface area (Å²) in [4.78, 5) is 15.0. The number of hydrogen-bond donors (Lipinski definition) is 1. The number of rotatable bonds is 7. The predicted octanol–water partition coefficient (Wildman–Crippen LogP) is 4.34. The van der Waals surface area contributed by atoms with Crippen molar-refractivity contribution in [1.82, 2.24) is 14.8 Å². The smallest absolute Gasteiger partial charge is 0.237 e. The summed E-state index contributed by atoms with van der Waals surface area (Å²) in [6.07, 6.45) is 5.24. The van der Waals surface area contributed by atoms with Crippen molar-refractivity contribution in [3.8, 4) is 0 Å². The number of carbonyl (C=O) groups excluding carboxylic acids is 1. The van der Waals surface area contributed by atoms with Gasteiger partial charge in [0.1, 0.15) is 5.76 Å². The summed E-state index contributed by atoms with van der Waals surface area (Å²) in [5.74, 6) is 1.63. The number of hydrogen-bond acceptors (Lipinski definition) is 6. The first-order chi connectivity index (χ1) is 14.6. The van der Waals surface area contributed by atoms with Gasteiger partial charge in [-0.3, -0.25) is 9.36 Å². The van der Waals surface area contributed by atoms with E-state index in [1.807, 2.05) is 50.2 Å². The molecule has 1 aromatic carbocycles. The lowest BCUT2D eigenvalue weighted by molar-refractivity contribution is -0.115. The third-order valence-electron chi connectivity index (χ3n) is 5.17. The zero-order valence-electron chi connectivity index (χ0n) is 17.4. The van der Waals surface area contributed by atoms with Crippen molar-refractivity contribution < 1.29 is 9.21 Å². The molecule has 0 bridgehead atoms. The van der Waals surface area contributed by atoms with E-state index < -0.39 is 0 Å². The topological polar surface area (TPSA) is 76.2 Å². The summed E-state index contributed by atoms with van der Waals surface area (Å²) in [5.41, 5.74) is 1.91. The third kappa shape index (κ3) is 4.87. The molecular formula is C22H27N5O2S. The van der Waals surface area contributed by atoms with E-state index in [0.29, 0.717) is 6.54 Å². The van der Waals surface area contributed by atoms with Crippen LogP contribution in [0.2, 0.25) is 0 Å². The van der Waals surface area contributed by atoms with Gasteiger partial charge in [0.25, 0.3) is 0 Å². The molecule has 1 atom stereocenters.